The average molecular weight is 536 g/mol. The van der Waals surface area contributed by atoms with Gasteiger partial charge in [0.1, 0.15) is 27.8 Å². The van der Waals surface area contributed by atoms with Crippen molar-refractivity contribution < 1.29 is 28.2 Å². The number of benzene rings is 1. The second-order valence-corrected chi connectivity index (χ2v) is 9.85. The van der Waals surface area contributed by atoms with Gasteiger partial charge in [-0.05, 0) is 26.3 Å². The second kappa shape index (κ2) is 10.3. The van der Waals surface area contributed by atoms with E-state index in [1.54, 1.807) is 30.9 Å². The first-order chi connectivity index (χ1) is 17.5. The number of amides is 2. The van der Waals surface area contributed by atoms with Gasteiger partial charge in [0, 0.05) is 30.9 Å². The molecule has 37 heavy (non-hydrogen) atoms. The van der Waals surface area contributed by atoms with E-state index >= 15 is 0 Å². The fourth-order valence-corrected chi connectivity index (χ4v) is 4.69. The number of fused-ring (bicyclic) bond motifs is 4. The largest absolute Gasteiger partial charge is 0.487 e. The van der Waals surface area contributed by atoms with Crippen LogP contribution >= 0.6 is 11.6 Å². The van der Waals surface area contributed by atoms with Gasteiger partial charge in [0.05, 0.1) is 12.6 Å². The third-order valence-electron chi connectivity index (χ3n) is 6.78. The quantitative estimate of drug-likeness (QED) is 0.320. The fourth-order valence-electron chi connectivity index (χ4n) is 4.51. The van der Waals surface area contributed by atoms with E-state index in [9.17, 15) is 28.3 Å². The van der Waals surface area contributed by atoms with Crippen LogP contribution in [0.15, 0.2) is 35.3 Å². The lowest BCUT2D eigenvalue weighted by Gasteiger charge is -2.41. The standard InChI is InChI=1S/C26H28ClF2N3O5/c1-4-5-10-37-23-21-25(35)31-13-18(26(3,36)9-8-14(31)2)32(21)12-16(22(23)33)24(34)30-11-15-6-7-17(28)19(27)20(15)29/h6-9,12,14,18,36H,4-5,10-11,13H2,1-3H3,(H,30,34)/t14-,18+,26-/m0/s1. The van der Waals surface area contributed by atoms with Crippen molar-refractivity contribution in [3.05, 3.63) is 74.2 Å². The van der Waals surface area contributed by atoms with Gasteiger partial charge >= 0.3 is 0 Å². The van der Waals surface area contributed by atoms with Gasteiger partial charge in [0.2, 0.25) is 5.43 Å². The molecule has 2 aliphatic rings. The minimum Gasteiger partial charge on any atom is -0.487 e. The van der Waals surface area contributed by atoms with Crippen molar-refractivity contribution in [1.82, 2.24) is 14.8 Å². The lowest BCUT2D eigenvalue weighted by Crippen LogP contribution is -2.52. The van der Waals surface area contributed by atoms with Crippen molar-refractivity contribution >= 4 is 23.4 Å². The van der Waals surface area contributed by atoms with Crippen LogP contribution in [0.25, 0.3) is 0 Å². The summed E-state index contributed by atoms with van der Waals surface area (Å²) >= 11 is 5.62. The van der Waals surface area contributed by atoms with Crippen molar-refractivity contribution in [2.24, 2.45) is 0 Å². The SMILES string of the molecule is CCCCOc1c2n(cc(C(=O)NCc3ccc(F)c(Cl)c3F)c1=O)[C@@H]1CN(C2=O)[C@@H](C)C=C[C@]1(C)O. The van der Waals surface area contributed by atoms with E-state index < -0.39 is 45.5 Å². The Bertz CT molecular complexity index is 1340. The first kappa shape index (κ1) is 26.8. The number of rotatable bonds is 7. The molecule has 2 bridgehead atoms. The van der Waals surface area contributed by atoms with E-state index in [0.29, 0.717) is 6.42 Å². The molecule has 4 rings (SSSR count). The summed E-state index contributed by atoms with van der Waals surface area (Å²) in [4.78, 5) is 41.6. The smallest absolute Gasteiger partial charge is 0.275 e. The lowest BCUT2D eigenvalue weighted by molar-refractivity contribution is 0.0203. The number of carbonyl (C=O) groups excluding carboxylic acids is 2. The molecule has 3 atom stereocenters. The molecule has 3 heterocycles. The summed E-state index contributed by atoms with van der Waals surface area (Å²) in [5.74, 6) is -3.54. The van der Waals surface area contributed by atoms with Crippen LogP contribution in [-0.4, -0.2) is 51.2 Å². The van der Waals surface area contributed by atoms with Gasteiger partial charge in [-0.1, -0.05) is 43.2 Å². The van der Waals surface area contributed by atoms with Crippen molar-refractivity contribution in [3.63, 3.8) is 0 Å². The number of ether oxygens (including phenoxy) is 1. The molecule has 0 aliphatic carbocycles. The number of hydrogen-bond acceptors (Lipinski definition) is 5. The van der Waals surface area contributed by atoms with Crippen molar-refractivity contribution in [1.29, 1.82) is 0 Å². The van der Waals surface area contributed by atoms with E-state index in [2.05, 4.69) is 5.32 Å². The highest BCUT2D eigenvalue weighted by molar-refractivity contribution is 6.30. The van der Waals surface area contributed by atoms with Gasteiger partial charge in [-0.2, -0.15) is 0 Å². The van der Waals surface area contributed by atoms with Gasteiger partial charge in [0.25, 0.3) is 11.8 Å². The number of aromatic nitrogens is 1. The number of unbranched alkanes of at least 4 members (excludes halogenated alkanes) is 1. The molecule has 2 amide bonds. The number of pyridine rings is 1. The lowest BCUT2D eigenvalue weighted by atomic mass is 9.93. The van der Waals surface area contributed by atoms with Crippen molar-refractivity contribution in [2.75, 3.05) is 13.2 Å². The zero-order chi connectivity index (χ0) is 27.1. The predicted octanol–water partition coefficient (Wildman–Crippen LogP) is 3.60. The maximum absolute atomic E-state index is 14.3. The third kappa shape index (κ3) is 4.87. The number of halogens is 3. The molecular weight excluding hydrogens is 508 g/mol. The Balaban J connectivity index is 1.79. The van der Waals surface area contributed by atoms with Crippen molar-refractivity contribution in [2.45, 2.75) is 57.8 Å². The summed E-state index contributed by atoms with van der Waals surface area (Å²) in [6, 6.07) is 1.06. The summed E-state index contributed by atoms with van der Waals surface area (Å²) in [6.45, 7) is 5.25. The van der Waals surface area contributed by atoms with Crippen LogP contribution < -0.4 is 15.5 Å². The number of nitrogens with one attached hydrogen (secondary N) is 1. The normalized spacial score (nSPS) is 22.5. The Kier molecular flexibility index (Phi) is 7.43. The van der Waals surface area contributed by atoms with E-state index in [-0.39, 0.29) is 48.3 Å². The molecule has 0 saturated heterocycles. The highest BCUT2D eigenvalue weighted by atomic mass is 35.5. The number of carbonyl (C=O) groups is 2. The van der Waals surface area contributed by atoms with E-state index in [0.717, 1.165) is 18.6 Å². The van der Waals surface area contributed by atoms with Crippen LogP contribution in [0.5, 0.6) is 5.75 Å². The molecule has 2 aliphatic heterocycles. The summed E-state index contributed by atoms with van der Waals surface area (Å²) in [7, 11) is 0. The summed E-state index contributed by atoms with van der Waals surface area (Å²) in [5, 5.41) is 13.0. The molecule has 1 aromatic carbocycles. The van der Waals surface area contributed by atoms with Gasteiger partial charge in [-0.25, -0.2) is 8.78 Å². The van der Waals surface area contributed by atoms with Crippen LogP contribution in [-0.2, 0) is 6.54 Å². The van der Waals surface area contributed by atoms with Crippen LogP contribution in [0.1, 0.15) is 66.1 Å². The first-order valence-electron chi connectivity index (χ1n) is 12.0. The molecule has 0 fully saturated rings. The van der Waals surface area contributed by atoms with Gasteiger partial charge < -0.3 is 24.6 Å². The molecule has 2 aromatic rings. The molecule has 0 spiro atoms. The minimum atomic E-state index is -1.41. The molecule has 8 nitrogen and oxygen atoms in total. The molecule has 0 unspecified atom stereocenters. The number of aliphatic hydroxyl groups is 1. The molecule has 0 radical (unpaired) electrons. The zero-order valence-corrected chi connectivity index (χ0v) is 21.4. The third-order valence-corrected chi connectivity index (χ3v) is 7.13. The van der Waals surface area contributed by atoms with E-state index in [4.69, 9.17) is 16.3 Å². The average Bonchev–Trinajstić information content (AvgIpc) is 2.96. The monoisotopic (exact) mass is 535 g/mol. The number of nitrogens with zero attached hydrogens (tertiary/aromatic N) is 2. The Morgan fingerprint density at radius 3 is 2.76 bits per heavy atom. The molecule has 198 valence electrons. The highest BCUT2D eigenvalue weighted by Crippen LogP contribution is 2.37. The zero-order valence-electron chi connectivity index (χ0n) is 20.7. The highest BCUT2D eigenvalue weighted by Gasteiger charge is 2.45. The summed E-state index contributed by atoms with van der Waals surface area (Å²) in [6.07, 6.45) is 5.92. The molecule has 1 aromatic heterocycles. The van der Waals surface area contributed by atoms with E-state index in [1.165, 1.54) is 10.8 Å². The van der Waals surface area contributed by atoms with Gasteiger partial charge in [-0.3, -0.25) is 14.4 Å². The Labute approximate surface area is 217 Å². The molecule has 11 heteroatoms. The maximum Gasteiger partial charge on any atom is 0.275 e. The topological polar surface area (TPSA) is 101 Å². The Morgan fingerprint density at radius 1 is 1.32 bits per heavy atom. The molecule has 2 N–H and O–H groups in total. The summed E-state index contributed by atoms with van der Waals surface area (Å²) < 4.78 is 35.0. The second-order valence-electron chi connectivity index (χ2n) is 9.47. The fraction of sp³-hybridized carbons (Fsp3) is 0.423. The summed E-state index contributed by atoms with van der Waals surface area (Å²) in [5.41, 5.74) is -2.67. The van der Waals surface area contributed by atoms with Gasteiger partial charge in [0.15, 0.2) is 11.4 Å². The van der Waals surface area contributed by atoms with Crippen LogP contribution in [0, 0.1) is 11.6 Å². The van der Waals surface area contributed by atoms with Crippen LogP contribution in [0.3, 0.4) is 0 Å². The Hall–Kier alpha value is -3.24. The van der Waals surface area contributed by atoms with Gasteiger partial charge in [-0.15, -0.1) is 0 Å². The van der Waals surface area contributed by atoms with E-state index in [1.807, 2.05) is 6.92 Å². The maximum atomic E-state index is 14.3. The van der Waals surface area contributed by atoms with Crippen LogP contribution in [0.4, 0.5) is 8.78 Å². The minimum absolute atomic E-state index is 0.0407. The van der Waals surface area contributed by atoms with Crippen LogP contribution in [0.2, 0.25) is 5.02 Å². The Morgan fingerprint density at radius 2 is 2.05 bits per heavy atom. The molecular formula is C26H28ClF2N3O5. The molecule has 0 saturated carbocycles. The predicted molar refractivity (Wildman–Crippen MR) is 133 cm³/mol. The van der Waals surface area contributed by atoms with Crippen molar-refractivity contribution in [3.8, 4) is 5.75 Å². The number of hydrogen-bond donors (Lipinski definition) is 2. The first-order valence-corrected chi connectivity index (χ1v) is 12.4.